The first kappa shape index (κ1) is 40.4. The Labute approximate surface area is 306 Å². The molecule has 0 aliphatic carbocycles. The van der Waals surface area contributed by atoms with E-state index in [0.717, 1.165) is 5.69 Å². The number of hydrogen-bond acceptors (Lipinski definition) is 9. The summed E-state index contributed by atoms with van der Waals surface area (Å²) < 4.78 is 99.0. The van der Waals surface area contributed by atoms with E-state index in [9.17, 15) is 36.2 Å². The van der Waals surface area contributed by atoms with Gasteiger partial charge >= 0.3 is 41.9 Å². The van der Waals surface area contributed by atoms with Gasteiger partial charge in [0, 0.05) is 30.3 Å². The van der Waals surface area contributed by atoms with Crippen LogP contribution in [0.4, 0.5) is 32.3 Å². The minimum Gasteiger partial charge on any atom is -0.550 e. The number of benzene rings is 2. The molecule has 4 aromatic rings. The number of alkyl halides is 6. The van der Waals surface area contributed by atoms with Crippen molar-refractivity contribution in [2.45, 2.75) is 58.0 Å². The molecule has 2 aromatic carbocycles. The van der Waals surface area contributed by atoms with Crippen molar-refractivity contribution in [2.24, 2.45) is 0 Å². The molecule has 9 nitrogen and oxygen atoms in total. The van der Waals surface area contributed by atoms with E-state index in [1.807, 2.05) is 19.9 Å². The number of nitrogens with zero attached hydrogens (tertiary/aromatic N) is 4. The molecule has 0 saturated carbocycles. The molecular weight excluding hydrogens is 681 g/mol. The number of methoxy groups -OCH3 is 2. The van der Waals surface area contributed by atoms with Crippen LogP contribution in [0.15, 0.2) is 60.9 Å². The molecule has 0 saturated heterocycles. The quantitative estimate of drug-likeness (QED) is 0.109. The summed E-state index contributed by atoms with van der Waals surface area (Å²) in [4.78, 5) is 25.5. The van der Waals surface area contributed by atoms with Crippen LogP contribution in [-0.2, 0) is 30.2 Å². The zero-order valence-corrected chi connectivity index (χ0v) is 30.0. The number of ether oxygens (including phenoxy) is 3. The molecule has 0 N–H and O–H groups in total. The molecule has 0 bridgehead atoms. The first-order valence-electron chi connectivity index (χ1n) is 15.0. The summed E-state index contributed by atoms with van der Waals surface area (Å²) in [5.41, 5.74) is -0.892. The summed E-state index contributed by atoms with van der Waals surface area (Å²) in [6, 6.07) is 10.1. The van der Waals surface area contributed by atoms with Gasteiger partial charge in [-0.15, -0.1) is 0 Å². The fourth-order valence-corrected chi connectivity index (χ4v) is 4.89. The van der Waals surface area contributed by atoms with Gasteiger partial charge in [-0.3, -0.25) is 0 Å². The zero-order valence-electron chi connectivity index (χ0n) is 28.0. The minimum atomic E-state index is -5.04. The topological polar surface area (TPSA) is 110 Å². The van der Waals surface area contributed by atoms with Crippen molar-refractivity contribution < 1.29 is 80.0 Å². The van der Waals surface area contributed by atoms with E-state index in [0.29, 0.717) is 40.5 Å². The van der Waals surface area contributed by atoms with Gasteiger partial charge in [-0.2, -0.15) is 26.3 Å². The van der Waals surface area contributed by atoms with Gasteiger partial charge < -0.3 is 29.0 Å². The summed E-state index contributed by atoms with van der Waals surface area (Å²) in [7, 11) is 2.93. The third kappa shape index (κ3) is 10.7. The Hall–Kier alpha value is -4.08. The van der Waals surface area contributed by atoms with Crippen molar-refractivity contribution >= 4 is 11.9 Å². The van der Waals surface area contributed by atoms with Crippen molar-refractivity contribution in [3.63, 3.8) is 0 Å². The summed E-state index contributed by atoms with van der Waals surface area (Å²) in [5, 5.41) is 10.7. The molecule has 50 heavy (non-hydrogen) atoms. The maximum Gasteiger partial charge on any atom is 1.00 e. The van der Waals surface area contributed by atoms with Crippen LogP contribution in [0, 0.1) is 0 Å². The largest absolute Gasteiger partial charge is 1.00 e. The second-order valence-electron chi connectivity index (χ2n) is 11.3. The Morgan fingerprint density at radius 1 is 0.860 bits per heavy atom. The number of carboxylic acid groups (broad SMARTS) is 1. The normalized spacial score (nSPS) is 11.6. The van der Waals surface area contributed by atoms with E-state index >= 15 is 0 Å². The molecule has 0 aliphatic heterocycles. The van der Waals surface area contributed by atoms with Crippen LogP contribution in [0.2, 0.25) is 0 Å². The molecular formula is C34H33F6N4NaO5. The van der Waals surface area contributed by atoms with Gasteiger partial charge in [-0.1, -0.05) is 13.8 Å². The molecule has 16 heteroatoms. The van der Waals surface area contributed by atoms with Crippen molar-refractivity contribution in [1.82, 2.24) is 15.0 Å². The average molecular weight is 715 g/mol. The number of pyridine rings is 1. The second kappa shape index (κ2) is 17.2. The average Bonchev–Trinajstić information content (AvgIpc) is 3.05. The number of rotatable bonds is 14. The molecule has 0 amide bonds. The second-order valence-corrected chi connectivity index (χ2v) is 11.3. The Bertz CT molecular complexity index is 1720. The van der Waals surface area contributed by atoms with Crippen molar-refractivity contribution in [3.8, 4) is 28.5 Å². The fourth-order valence-electron chi connectivity index (χ4n) is 4.89. The summed E-state index contributed by atoms with van der Waals surface area (Å²) in [6.45, 7) is 3.36. The molecule has 0 aliphatic rings. The van der Waals surface area contributed by atoms with E-state index in [-0.39, 0.29) is 84.8 Å². The van der Waals surface area contributed by atoms with Gasteiger partial charge in [-0.05, 0) is 78.4 Å². The van der Waals surface area contributed by atoms with Crippen LogP contribution in [-0.4, -0.2) is 41.7 Å². The van der Waals surface area contributed by atoms with Crippen molar-refractivity contribution in [2.75, 3.05) is 25.7 Å². The maximum absolute atomic E-state index is 13.8. The fraction of sp³-hybridized carbons (Fsp3) is 0.353. The van der Waals surface area contributed by atoms with Crippen LogP contribution in [0.5, 0.6) is 17.2 Å². The van der Waals surface area contributed by atoms with Gasteiger partial charge in [0.25, 0.3) is 0 Å². The zero-order chi connectivity index (χ0) is 35.9. The molecule has 2 heterocycles. The molecule has 0 spiro atoms. The number of carboxylic acids is 1. The van der Waals surface area contributed by atoms with E-state index in [4.69, 9.17) is 19.2 Å². The van der Waals surface area contributed by atoms with Crippen LogP contribution in [0.1, 0.15) is 60.6 Å². The Balaban J connectivity index is 0.00000676. The number of anilines is 1. The monoisotopic (exact) mass is 714 g/mol. The van der Waals surface area contributed by atoms with Crippen molar-refractivity contribution in [3.05, 3.63) is 88.9 Å². The predicted molar refractivity (Wildman–Crippen MR) is 165 cm³/mol. The smallest absolute Gasteiger partial charge is 0.550 e. The van der Waals surface area contributed by atoms with E-state index in [2.05, 4.69) is 9.97 Å². The van der Waals surface area contributed by atoms with Gasteiger partial charge in [0.1, 0.15) is 17.2 Å². The summed E-state index contributed by atoms with van der Waals surface area (Å²) in [6.07, 6.45) is -7.63. The van der Waals surface area contributed by atoms with E-state index < -0.39 is 36.0 Å². The number of aliphatic carboxylic acids is 1. The standard InChI is InChI=1S/C34H34F6N4O5.Na/c1-20(2)28-9-10-29(48-4)31(43-28)27-8-7-25(47-3)14-22(27)19-44(32-41-16-26(17-42-32)49-11-5-6-30(45)46)18-21-12-23(33(35,36)37)15-24(13-21)34(38,39)40;/h7-10,12-17,20H,5-6,11,18-19H2,1-4H3,(H,45,46);/q;+1/p-1. The molecule has 262 valence electrons. The van der Waals surface area contributed by atoms with E-state index in [1.54, 1.807) is 24.3 Å². The Kier molecular flexibility index (Phi) is 13.9. The number of carbonyl (C=O) groups excluding carboxylic acids is 1. The molecule has 0 fully saturated rings. The summed E-state index contributed by atoms with van der Waals surface area (Å²) >= 11 is 0. The molecule has 0 radical (unpaired) electrons. The molecule has 4 rings (SSSR count). The maximum atomic E-state index is 13.8. The van der Waals surface area contributed by atoms with Gasteiger partial charge in [-0.25, -0.2) is 15.0 Å². The van der Waals surface area contributed by atoms with Gasteiger partial charge in [0.15, 0.2) is 5.75 Å². The van der Waals surface area contributed by atoms with Crippen LogP contribution >= 0.6 is 0 Å². The summed E-state index contributed by atoms with van der Waals surface area (Å²) in [5.74, 6) is -0.195. The van der Waals surface area contributed by atoms with E-state index in [1.165, 1.54) is 31.5 Å². The van der Waals surface area contributed by atoms with Crippen molar-refractivity contribution in [1.29, 1.82) is 0 Å². The first-order chi connectivity index (χ1) is 23.1. The SMILES string of the molecule is COc1ccc(-c2nc(C(C)C)ccc2OC)c(CN(Cc2cc(C(F)(F)F)cc(C(F)(F)F)c2)c2ncc(OCCCC(=O)[O-])cn2)c1.[Na+]. The molecule has 0 atom stereocenters. The van der Waals surface area contributed by atoms with Gasteiger partial charge in [0.05, 0.1) is 44.3 Å². The molecule has 0 unspecified atom stereocenters. The van der Waals surface area contributed by atoms with Gasteiger partial charge in [0.2, 0.25) is 5.95 Å². The first-order valence-corrected chi connectivity index (χ1v) is 15.0. The predicted octanol–water partition coefficient (Wildman–Crippen LogP) is 3.84. The van der Waals surface area contributed by atoms with Crippen LogP contribution < -0.4 is 53.8 Å². The third-order valence-electron chi connectivity index (χ3n) is 7.33. The number of aromatic nitrogens is 3. The third-order valence-corrected chi connectivity index (χ3v) is 7.33. The number of carbonyl (C=O) groups is 1. The Morgan fingerprint density at radius 2 is 1.50 bits per heavy atom. The molecule has 2 aromatic heterocycles. The minimum absolute atomic E-state index is 0. The Morgan fingerprint density at radius 3 is 2.04 bits per heavy atom. The van der Waals surface area contributed by atoms with Crippen LogP contribution in [0.3, 0.4) is 0 Å². The number of halogens is 6. The van der Waals surface area contributed by atoms with Crippen LogP contribution in [0.25, 0.3) is 11.3 Å². The number of hydrogen-bond donors (Lipinski definition) is 0.